The van der Waals surface area contributed by atoms with E-state index in [0.29, 0.717) is 16.5 Å². The summed E-state index contributed by atoms with van der Waals surface area (Å²) in [5, 5.41) is 3.30. The summed E-state index contributed by atoms with van der Waals surface area (Å²) in [7, 11) is -2.60. The third kappa shape index (κ3) is 7.99. The van der Waals surface area contributed by atoms with Crippen molar-refractivity contribution in [1.82, 2.24) is 10.2 Å². The van der Waals surface area contributed by atoms with E-state index in [1.165, 1.54) is 29.2 Å². The minimum absolute atomic E-state index is 0.00879. The van der Waals surface area contributed by atoms with Crippen LogP contribution in [0, 0.1) is 6.92 Å². The Morgan fingerprint density at radius 3 is 2.05 bits per heavy atom. The highest BCUT2D eigenvalue weighted by Gasteiger charge is 2.33. The quantitative estimate of drug-likeness (QED) is 0.353. The van der Waals surface area contributed by atoms with E-state index in [2.05, 4.69) is 5.32 Å². The molecule has 0 saturated heterocycles. The molecule has 0 aliphatic rings. The molecule has 8 nitrogen and oxygen atoms in total. The number of ether oxygens (including phenoxy) is 1. The number of amides is 2. The van der Waals surface area contributed by atoms with E-state index in [9.17, 15) is 18.0 Å². The number of carbonyl (C=O) groups is 2. The number of rotatable bonds is 10. The minimum atomic E-state index is -4.16. The first-order chi connectivity index (χ1) is 18.7. The zero-order valence-electron chi connectivity index (χ0n) is 23.6. The number of nitrogens with one attached hydrogen (secondary N) is 1. The zero-order chi connectivity index (χ0) is 29.7. The highest BCUT2D eigenvalue weighted by atomic mass is 35.5. The predicted octanol–water partition coefficient (Wildman–Crippen LogP) is 5.18. The fourth-order valence-corrected chi connectivity index (χ4v) is 5.50. The third-order valence-corrected chi connectivity index (χ3v) is 8.22. The Kier molecular flexibility index (Phi) is 9.87. The van der Waals surface area contributed by atoms with Gasteiger partial charge in [0.2, 0.25) is 11.8 Å². The highest BCUT2D eigenvalue weighted by molar-refractivity contribution is 7.92. The molecular weight excluding hydrogens is 550 g/mol. The number of sulfonamides is 1. The van der Waals surface area contributed by atoms with Crippen molar-refractivity contribution in [1.29, 1.82) is 0 Å². The first-order valence-electron chi connectivity index (χ1n) is 12.8. The van der Waals surface area contributed by atoms with Crippen LogP contribution in [0.1, 0.15) is 38.8 Å². The SMILES string of the molecule is COc1ccc(CN(C(=O)CN(c2ccc(C)cc2)S(=O)(=O)c2ccc(Cl)cc2)[C@@H](C)C(=O)NC(C)(C)C)cc1. The Hall–Kier alpha value is -3.56. The van der Waals surface area contributed by atoms with Gasteiger partial charge in [-0.3, -0.25) is 13.9 Å². The van der Waals surface area contributed by atoms with Crippen LogP contribution in [0.5, 0.6) is 5.75 Å². The van der Waals surface area contributed by atoms with Crippen LogP contribution in [0.2, 0.25) is 5.02 Å². The molecule has 1 N–H and O–H groups in total. The monoisotopic (exact) mass is 585 g/mol. The van der Waals surface area contributed by atoms with Crippen molar-refractivity contribution in [2.75, 3.05) is 18.0 Å². The van der Waals surface area contributed by atoms with Gasteiger partial charge in [-0.25, -0.2) is 8.42 Å². The maximum Gasteiger partial charge on any atom is 0.264 e. The summed E-state index contributed by atoms with van der Waals surface area (Å²) in [5.74, 6) is -0.234. The Morgan fingerprint density at radius 1 is 0.950 bits per heavy atom. The molecule has 0 aromatic heterocycles. The van der Waals surface area contributed by atoms with Gasteiger partial charge in [-0.05, 0) is 88.7 Å². The lowest BCUT2D eigenvalue weighted by Gasteiger charge is -2.33. The molecule has 0 radical (unpaired) electrons. The van der Waals surface area contributed by atoms with Crippen LogP contribution in [0.4, 0.5) is 5.69 Å². The molecule has 214 valence electrons. The first kappa shape index (κ1) is 31.0. The molecule has 0 unspecified atom stereocenters. The van der Waals surface area contributed by atoms with E-state index in [4.69, 9.17) is 16.3 Å². The Morgan fingerprint density at radius 2 is 1.52 bits per heavy atom. The number of anilines is 1. The topological polar surface area (TPSA) is 96.0 Å². The number of hydrogen-bond donors (Lipinski definition) is 1. The average molecular weight is 586 g/mol. The van der Waals surface area contributed by atoms with Gasteiger partial charge in [-0.1, -0.05) is 41.4 Å². The van der Waals surface area contributed by atoms with Crippen molar-refractivity contribution >= 4 is 39.1 Å². The molecule has 3 aromatic rings. The van der Waals surface area contributed by atoms with Crippen molar-refractivity contribution < 1.29 is 22.7 Å². The second-order valence-corrected chi connectivity index (χ2v) is 12.9. The Bertz CT molecular complexity index is 1420. The molecular formula is C30H36ClN3O5S. The summed E-state index contributed by atoms with van der Waals surface area (Å²) in [6.45, 7) is 8.65. The van der Waals surface area contributed by atoms with Gasteiger partial charge in [-0.15, -0.1) is 0 Å². The minimum Gasteiger partial charge on any atom is -0.497 e. The van der Waals surface area contributed by atoms with Crippen LogP contribution < -0.4 is 14.4 Å². The molecule has 1 atom stereocenters. The number of nitrogens with zero attached hydrogens (tertiary/aromatic N) is 2. The molecule has 10 heteroatoms. The van der Waals surface area contributed by atoms with Crippen molar-refractivity contribution in [3.63, 3.8) is 0 Å². The van der Waals surface area contributed by atoms with Crippen LogP contribution >= 0.6 is 11.6 Å². The fraction of sp³-hybridized carbons (Fsp3) is 0.333. The largest absolute Gasteiger partial charge is 0.497 e. The van der Waals surface area contributed by atoms with E-state index < -0.39 is 34.1 Å². The molecule has 3 rings (SSSR count). The van der Waals surface area contributed by atoms with Gasteiger partial charge in [0.25, 0.3) is 10.0 Å². The van der Waals surface area contributed by atoms with Crippen LogP contribution in [0.3, 0.4) is 0 Å². The van der Waals surface area contributed by atoms with Crippen LogP contribution in [-0.2, 0) is 26.2 Å². The van der Waals surface area contributed by atoms with Crippen molar-refractivity contribution in [2.24, 2.45) is 0 Å². The molecule has 0 bridgehead atoms. The molecule has 2 amide bonds. The van der Waals surface area contributed by atoms with Gasteiger partial charge in [0.1, 0.15) is 18.3 Å². The molecule has 40 heavy (non-hydrogen) atoms. The molecule has 0 aliphatic carbocycles. The van der Waals surface area contributed by atoms with E-state index >= 15 is 0 Å². The summed E-state index contributed by atoms with van der Waals surface area (Å²) in [5.41, 5.74) is 1.50. The lowest BCUT2D eigenvalue weighted by atomic mass is 10.1. The van der Waals surface area contributed by atoms with Crippen LogP contribution in [0.15, 0.2) is 77.7 Å². The van der Waals surface area contributed by atoms with Gasteiger partial charge in [0.15, 0.2) is 0 Å². The van der Waals surface area contributed by atoms with Crippen molar-refractivity contribution in [2.45, 2.75) is 57.6 Å². The number of halogens is 1. The summed E-state index contributed by atoms with van der Waals surface area (Å²) in [4.78, 5) is 28.5. The second kappa shape index (κ2) is 12.7. The molecule has 0 heterocycles. The molecule has 0 saturated carbocycles. The maximum absolute atomic E-state index is 14.0. The van der Waals surface area contributed by atoms with Crippen LogP contribution in [-0.4, -0.2) is 50.4 Å². The van der Waals surface area contributed by atoms with E-state index in [1.54, 1.807) is 62.6 Å². The molecule has 3 aromatic carbocycles. The smallest absolute Gasteiger partial charge is 0.264 e. The second-order valence-electron chi connectivity index (χ2n) is 10.6. The van der Waals surface area contributed by atoms with Gasteiger partial charge >= 0.3 is 0 Å². The van der Waals surface area contributed by atoms with E-state index in [0.717, 1.165) is 15.4 Å². The Balaban J connectivity index is 2.02. The number of methoxy groups -OCH3 is 1. The molecule has 0 spiro atoms. The van der Waals surface area contributed by atoms with Crippen LogP contribution in [0.25, 0.3) is 0 Å². The first-order valence-corrected chi connectivity index (χ1v) is 14.6. The highest BCUT2D eigenvalue weighted by Crippen LogP contribution is 2.26. The normalized spacial score (nSPS) is 12.4. The average Bonchev–Trinajstić information content (AvgIpc) is 2.90. The van der Waals surface area contributed by atoms with Gasteiger partial charge < -0.3 is 15.0 Å². The number of hydrogen-bond acceptors (Lipinski definition) is 5. The third-order valence-electron chi connectivity index (χ3n) is 6.18. The predicted molar refractivity (Wildman–Crippen MR) is 158 cm³/mol. The lowest BCUT2D eigenvalue weighted by molar-refractivity contribution is -0.140. The number of benzene rings is 3. The maximum atomic E-state index is 14.0. The van der Waals surface area contributed by atoms with Gasteiger partial charge in [0, 0.05) is 17.1 Å². The Labute approximate surface area is 241 Å². The van der Waals surface area contributed by atoms with Gasteiger partial charge in [0.05, 0.1) is 17.7 Å². The standard InChI is InChI=1S/C30H36ClN3O5S/c1-21-7-13-25(14-8-21)34(40(37,38)27-17-11-24(31)12-18-27)20-28(35)33(22(2)29(36)32-30(3,4)5)19-23-9-15-26(39-6)16-10-23/h7-18,22H,19-20H2,1-6H3,(H,32,36)/t22-/m0/s1. The summed E-state index contributed by atoms with van der Waals surface area (Å²) in [6, 6.07) is 18.9. The van der Waals surface area contributed by atoms with E-state index in [-0.39, 0.29) is 17.3 Å². The van der Waals surface area contributed by atoms with E-state index in [1.807, 2.05) is 27.7 Å². The summed E-state index contributed by atoms with van der Waals surface area (Å²) in [6.07, 6.45) is 0. The zero-order valence-corrected chi connectivity index (χ0v) is 25.2. The lowest BCUT2D eigenvalue weighted by Crippen LogP contribution is -2.54. The number of carbonyl (C=O) groups excluding carboxylic acids is 2. The molecule has 0 aliphatic heterocycles. The summed E-state index contributed by atoms with van der Waals surface area (Å²) >= 11 is 5.99. The summed E-state index contributed by atoms with van der Waals surface area (Å²) < 4.78 is 33.9. The van der Waals surface area contributed by atoms with Crippen molar-refractivity contribution in [3.8, 4) is 5.75 Å². The van der Waals surface area contributed by atoms with Crippen molar-refractivity contribution in [3.05, 3.63) is 88.9 Å². The molecule has 0 fully saturated rings. The number of aryl methyl sites for hydroxylation is 1. The van der Waals surface area contributed by atoms with Gasteiger partial charge in [-0.2, -0.15) is 0 Å². The fourth-order valence-electron chi connectivity index (χ4n) is 3.96.